The van der Waals surface area contributed by atoms with Gasteiger partial charge in [-0.2, -0.15) is 8.78 Å². The van der Waals surface area contributed by atoms with Crippen LogP contribution in [0, 0.1) is 23.5 Å². The second-order valence-corrected chi connectivity index (χ2v) is 10.0. The van der Waals surface area contributed by atoms with Crippen molar-refractivity contribution < 1.29 is 26.8 Å². The van der Waals surface area contributed by atoms with Crippen molar-refractivity contribution in [3.8, 4) is 16.9 Å². The van der Waals surface area contributed by atoms with Gasteiger partial charge in [0.1, 0.15) is 5.69 Å². The molecule has 4 rings (SSSR count). The van der Waals surface area contributed by atoms with E-state index in [4.69, 9.17) is 4.74 Å². The predicted octanol–water partition coefficient (Wildman–Crippen LogP) is 9.10. The monoisotopic (exact) mass is 495 g/mol. The summed E-state index contributed by atoms with van der Waals surface area (Å²) < 4.78 is 80.9. The zero-order valence-corrected chi connectivity index (χ0v) is 20.5. The Morgan fingerprint density at radius 3 is 2.26 bits per heavy atom. The first-order chi connectivity index (χ1) is 16.8. The Bertz CT molecular complexity index is 1030. The number of rotatable bonds is 9. The fourth-order valence-corrected chi connectivity index (χ4v) is 5.48. The van der Waals surface area contributed by atoms with E-state index in [1.54, 1.807) is 0 Å². The minimum atomic E-state index is -4.37. The average Bonchev–Trinajstić information content (AvgIpc) is 2.84. The van der Waals surface area contributed by atoms with Gasteiger partial charge in [-0.1, -0.05) is 75.4 Å². The number of benzene rings is 2. The largest absolute Gasteiger partial charge is 0.490 e. The lowest BCUT2D eigenvalue weighted by atomic mass is 9.80. The average molecular weight is 496 g/mol. The van der Waals surface area contributed by atoms with E-state index in [0.29, 0.717) is 12.3 Å². The third-order valence-corrected chi connectivity index (χ3v) is 7.51. The van der Waals surface area contributed by atoms with Gasteiger partial charge in [-0.15, -0.1) is 5.12 Å². The molecule has 7 heteroatoms. The van der Waals surface area contributed by atoms with Gasteiger partial charge in [0, 0.05) is 5.56 Å². The summed E-state index contributed by atoms with van der Waals surface area (Å²) in [5, 5.41) is -0.939. The van der Waals surface area contributed by atoms with Crippen molar-refractivity contribution in [2.75, 3.05) is 11.7 Å². The zero-order chi connectivity index (χ0) is 25.2. The maximum absolute atomic E-state index is 15.3. The number of hydrogen-bond acceptors (Lipinski definition) is 2. The highest BCUT2D eigenvalue weighted by Gasteiger charge is 2.51. The molecule has 2 aliphatic rings. The van der Waals surface area contributed by atoms with Gasteiger partial charge in [0.15, 0.2) is 17.4 Å². The van der Waals surface area contributed by atoms with Crippen molar-refractivity contribution in [2.45, 2.75) is 84.1 Å². The molecule has 0 unspecified atom stereocenters. The number of halogens is 5. The molecule has 1 aliphatic heterocycles. The molecule has 0 radical (unpaired) electrons. The van der Waals surface area contributed by atoms with E-state index in [1.807, 2.05) is 6.92 Å². The van der Waals surface area contributed by atoms with Crippen molar-refractivity contribution in [1.82, 2.24) is 0 Å². The standard InChI is InChI=1S/C28H34F5NO/c1-3-5-6-8-18-9-11-19(12-10-18)17-35-23-16-15-21-22-14-13-20(7-4-2)25(29)27(22)34(33)28(31,32)24(21)26(23)30/h13-16,18-19H,3-12,17H2,1-2H3. The molecule has 0 amide bonds. The highest BCUT2D eigenvalue weighted by Crippen LogP contribution is 2.53. The molecule has 2 aromatic rings. The van der Waals surface area contributed by atoms with Crippen LogP contribution in [0.3, 0.4) is 0 Å². The van der Waals surface area contributed by atoms with Gasteiger partial charge in [0.25, 0.3) is 0 Å². The molecule has 0 N–H and O–H groups in total. The molecule has 0 saturated heterocycles. The van der Waals surface area contributed by atoms with E-state index in [2.05, 4.69) is 6.92 Å². The first kappa shape index (κ1) is 25.8. The second-order valence-electron chi connectivity index (χ2n) is 10.0. The number of anilines is 1. The smallest absolute Gasteiger partial charge is 0.381 e. The Morgan fingerprint density at radius 2 is 1.57 bits per heavy atom. The number of nitrogens with zero attached hydrogens (tertiary/aromatic N) is 1. The van der Waals surface area contributed by atoms with Crippen LogP contribution in [0.4, 0.5) is 27.7 Å². The van der Waals surface area contributed by atoms with E-state index >= 15 is 13.2 Å². The van der Waals surface area contributed by atoms with Gasteiger partial charge in [-0.3, -0.25) is 0 Å². The Balaban J connectivity index is 1.52. The van der Waals surface area contributed by atoms with Gasteiger partial charge in [-0.05, 0) is 54.4 Å². The molecule has 0 atom stereocenters. The maximum Gasteiger partial charge on any atom is 0.381 e. The van der Waals surface area contributed by atoms with Crippen LogP contribution in [0.5, 0.6) is 5.75 Å². The van der Waals surface area contributed by atoms with Gasteiger partial charge >= 0.3 is 6.05 Å². The third-order valence-electron chi connectivity index (χ3n) is 7.51. The predicted molar refractivity (Wildman–Crippen MR) is 128 cm³/mol. The summed E-state index contributed by atoms with van der Waals surface area (Å²) in [5.41, 5.74) is -2.14. The van der Waals surface area contributed by atoms with Crippen LogP contribution in [0.15, 0.2) is 24.3 Å². The molecule has 192 valence electrons. The number of hydrogen-bond donors (Lipinski definition) is 0. The van der Waals surface area contributed by atoms with Crippen LogP contribution in [-0.4, -0.2) is 6.61 Å². The lowest BCUT2D eigenvalue weighted by Gasteiger charge is -2.34. The molecular formula is C28H34F5NO. The van der Waals surface area contributed by atoms with E-state index in [9.17, 15) is 8.87 Å². The van der Waals surface area contributed by atoms with Gasteiger partial charge in [0.2, 0.25) is 0 Å². The van der Waals surface area contributed by atoms with Crippen LogP contribution in [0.2, 0.25) is 0 Å². The van der Waals surface area contributed by atoms with Gasteiger partial charge in [0.05, 0.1) is 12.2 Å². The summed E-state index contributed by atoms with van der Waals surface area (Å²) >= 11 is 0. The van der Waals surface area contributed by atoms with Crippen LogP contribution in [0.25, 0.3) is 11.1 Å². The number of aryl methyl sites for hydroxylation is 1. The van der Waals surface area contributed by atoms with Crippen LogP contribution >= 0.6 is 0 Å². The molecule has 0 aromatic heterocycles. The number of alkyl halides is 2. The topological polar surface area (TPSA) is 12.5 Å². The van der Waals surface area contributed by atoms with E-state index in [1.165, 1.54) is 49.9 Å². The van der Waals surface area contributed by atoms with E-state index in [-0.39, 0.29) is 41.4 Å². The zero-order valence-electron chi connectivity index (χ0n) is 20.5. The molecule has 1 fully saturated rings. The SMILES string of the molecule is CCCCCC1CCC(COc2ccc3c(c2F)C(F)(F)N(F)c2c-3ccc(CCC)c2F)CC1. The molecule has 35 heavy (non-hydrogen) atoms. The van der Waals surface area contributed by atoms with Crippen molar-refractivity contribution in [2.24, 2.45) is 11.8 Å². The summed E-state index contributed by atoms with van der Waals surface area (Å²) in [6, 6.07) is 1.02. The fraction of sp³-hybridized carbons (Fsp3) is 0.571. The summed E-state index contributed by atoms with van der Waals surface area (Å²) in [6.45, 7) is 4.23. The molecule has 2 nitrogen and oxygen atoms in total. The van der Waals surface area contributed by atoms with Crippen LogP contribution in [-0.2, 0) is 12.5 Å². The molecule has 1 heterocycles. The van der Waals surface area contributed by atoms with Crippen molar-refractivity contribution >= 4 is 5.69 Å². The number of fused-ring (bicyclic) bond motifs is 3. The van der Waals surface area contributed by atoms with Crippen LogP contribution in [0.1, 0.15) is 82.8 Å². The second kappa shape index (κ2) is 10.8. The third kappa shape index (κ3) is 5.01. The molecule has 1 aliphatic carbocycles. The van der Waals surface area contributed by atoms with Crippen molar-refractivity contribution in [3.05, 3.63) is 47.0 Å². The van der Waals surface area contributed by atoms with E-state index in [0.717, 1.165) is 25.7 Å². The highest BCUT2D eigenvalue weighted by molar-refractivity contribution is 5.85. The molecule has 0 bridgehead atoms. The Morgan fingerprint density at radius 1 is 0.886 bits per heavy atom. The molecule has 0 spiro atoms. The minimum absolute atomic E-state index is 0.0994. The highest BCUT2D eigenvalue weighted by atomic mass is 19.3. The maximum atomic E-state index is 15.3. The summed E-state index contributed by atoms with van der Waals surface area (Å²) in [6.07, 6.45) is 9.91. The summed E-state index contributed by atoms with van der Waals surface area (Å²) in [5.74, 6) is -1.72. The molecule has 2 aromatic carbocycles. The van der Waals surface area contributed by atoms with E-state index < -0.39 is 34.1 Å². The van der Waals surface area contributed by atoms with Gasteiger partial charge < -0.3 is 4.74 Å². The summed E-state index contributed by atoms with van der Waals surface area (Å²) in [4.78, 5) is 0. The number of ether oxygens (including phenoxy) is 1. The van der Waals surface area contributed by atoms with Crippen molar-refractivity contribution in [1.29, 1.82) is 0 Å². The normalized spacial score (nSPS) is 20.9. The first-order valence-electron chi connectivity index (χ1n) is 12.9. The molecular weight excluding hydrogens is 461 g/mol. The lowest BCUT2D eigenvalue weighted by molar-refractivity contribution is -0.0525. The van der Waals surface area contributed by atoms with Gasteiger partial charge in [-0.25, -0.2) is 8.78 Å². The molecule has 1 saturated carbocycles. The van der Waals surface area contributed by atoms with Crippen molar-refractivity contribution in [3.63, 3.8) is 0 Å². The summed E-state index contributed by atoms with van der Waals surface area (Å²) in [7, 11) is 0. The number of unbranched alkanes of at least 4 members (excludes halogenated alkanes) is 2. The minimum Gasteiger partial charge on any atom is -0.490 e. The Kier molecular flexibility index (Phi) is 7.92. The fourth-order valence-electron chi connectivity index (χ4n) is 5.48. The Labute approximate surface area is 204 Å². The van der Waals surface area contributed by atoms with Crippen LogP contribution < -0.4 is 9.86 Å². The quantitative estimate of drug-likeness (QED) is 0.149. The first-order valence-corrected chi connectivity index (χ1v) is 12.9. The lowest BCUT2D eigenvalue weighted by Crippen LogP contribution is -2.38. The Hall–Kier alpha value is -2.31.